The number of anilines is 1. The Morgan fingerprint density at radius 2 is 2.14 bits per heavy atom. The van der Waals surface area contributed by atoms with Gasteiger partial charge in [0.15, 0.2) is 11.6 Å². The van der Waals surface area contributed by atoms with E-state index >= 15 is 0 Å². The minimum atomic E-state index is -4.00. The molecule has 0 unspecified atom stereocenters. The molecule has 3 rings (SSSR count). The first-order chi connectivity index (χ1) is 13.0. The summed E-state index contributed by atoms with van der Waals surface area (Å²) in [7, 11) is -2.57. The third-order valence-corrected chi connectivity index (χ3v) is 4.76. The predicted molar refractivity (Wildman–Crippen MR) is 95.1 cm³/mol. The summed E-state index contributed by atoms with van der Waals surface area (Å²) in [6, 6.07) is 4.51. The van der Waals surface area contributed by atoms with Crippen LogP contribution in [0.1, 0.15) is 5.56 Å². The van der Waals surface area contributed by atoms with E-state index in [1.807, 2.05) is 0 Å². The molecule has 3 heterocycles. The Morgan fingerprint density at radius 1 is 1.32 bits per heavy atom. The van der Waals surface area contributed by atoms with Crippen molar-refractivity contribution < 1.29 is 52.3 Å². The van der Waals surface area contributed by atoms with Crippen LogP contribution in [0.15, 0.2) is 34.6 Å². The van der Waals surface area contributed by atoms with Gasteiger partial charge in [0.1, 0.15) is 11.8 Å². The van der Waals surface area contributed by atoms with Gasteiger partial charge in [0.05, 0.1) is 19.3 Å². The summed E-state index contributed by atoms with van der Waals surface area (Å²) in [6.07, 6.45) is 1.35. The van der Waals surface area contributed by atoms with Gasteiger partial charge in [0.25, 0.3) is 15.9 Å². The van der Waals surface area contributed by atoms with Crippen molar-refractivity contribution in [2.75, 3.05) is 32.3 Å². The van der Waals surface area contributed by atoms with Gasteiger partial charge >= 0.3 is 29.6 Å². The number of ether oxygens (including phenoxy) is 2. The zero-order valence-electron chi connectivity index (χ0n) is 15.0. The van der Waals surface area contributed by atoms with Gasteiger partial charge in [-0.25, -0.2) is 18.4 Å². The largest absolute Gasteiger partial charge is 1.00 e. The number of oxime groups is 1. The number of hydrogen-bond donors (Lipinski definition) is 2. The fourth-order valence-corrected chi connectivity index (χ4v) is 3.28. The number of rotatable bonds is 7. The van der Waals surface area contributed by atoms with Gasteiger partial charge in [-0.2, -0.15) is 9.71 Å². The second-order valence-electron chi connectivity index (χ2n) is 4.99. The summed E-state index contributed by atoms with van der Waals surface area (Å²) in [4.78, 5) is 16.8. The predicted octanol–water partition coefficient (Wildman–Crippen LogP) is -2.41. The van der Waals surface area contributed by atoms with Crippen molar-refractivity contribution in [2.45, 2.75) is 5.03 Å². The van der Waals surface area contributed by atoms with Gasteiger partial charge in [-0.1, -0.05) is 11.6 Å². The molecule has 1 aliphatic rings. The number of halogens is 1. The maximum Gasteiger partial charge on any atom is 1.00 e. The van der Waals surface area contributed by atoms with Gasteiger partial charge in [0, 0.05) is 12.3 Å². The van der Waals surface area contributed by atoms with Crippen molar-refractivity contribution in [3.05, 3.63) is 35.1 Å². The Bertz CT molecular complexity index is 961. The van der Waals surface area contributed by atoms with Crippen molar-refractivity contribution in [3.63, 3.8) is 0 Å². The molecule has 0 saturated carbocycles. The number of aromatic nitrogens is 3. The topological polar surface area (TPSA) is 137 Å². The average Bonchev–Trinajstić information content (AvgIpc) is 2.68. The smallest absolute Gasteiger partial charge is 0.481 e. The maximum absolute atomic E-state index is 12.6. The van der Waals surface area contributed by atoms with Gasteiger partial charge in [-0.3, -0.25) is 0 Å². The van der Waals surface area contributed by atoms with Gasteiger partial charge in [-0.15, -0.1) is 0 Å². The van der Waals surface area contributed by atoms with Crippen LogP contribution in [-0.2, 0) is 19.6 Å². The van der Waals surface area contributed by atoms with Crippen LogP contribution in [0.3, 0.4) is 0 Å². The molecule has 0 spiro atoms. The van der Waals surface area contributed by atoms with Gasteiger partial charge in [0.2, 0.25) is 11.8 Å². The monoisotopic (exact) mass is 437 g/mol. The summed E-state index contributed by atoms with van der Waals surface area (Å²) < 4.78 is 37.9. The van der Waals surface area contributed by atoms with E-state index in [2.05, 4.69) is 30.1 Å². The number of methoxy groups -OCH3 is 1. The molecule has 0 saturated heterocycles. The van der Waals surface area contributed by atoms with Crippen molar-refractivity contribution in [1.82, 2.24) is 19.7 Å². The summed E-state index contributed by atoms with van der Waals surface area (Å²) in [5.41, 5.74) is 0.186. The third kappa shape index (κ3) is 5.65. The molecule has 2 N–H and O–H groups in total. The van der Waals surface area contributed by atoms with Crippen LogP contribution < -0.4 is 44.3 Å². The Kier molecular flexibility index (Phi) is 8.22. The summed E-state index contributed by atoms with van der Waals surface area (Å²) in [5, 5.41) is 6.32. The Balaban J connectivity index is 0.00000280. The molecule has 2 aromatic heterocycles. The second-order valence-corrected chi connectivity index (χ2v) is 7.06. The van der Waals surface area contributed by atoms with Crippen LogP contribution in [0.25, 0.3) is 0 Å². The molecular formula is C14H15ClN6NaO5S+. The molecule has 0 atom stereocenters. The van der Waals surface area contributed by atoms with Crippen LogP contribution in [0.4, 0.5) is 5.95 Å². The fourth-order valence-electron chi connectivity index (χ4n) is 2.06. The molecule has 2 aromatic rings. The first-order valence-electron chi connectivity index (χ1n) is 7.60. The second kappa shape index (κ2) is 10.2. The minimum absolute atomic E-state index is 0. The van der Waals surface area contributed by atoms with Gasteiger partial charge < -0.3 is 19.6 Å². The van der Waals surface area contributed by atoms with Crippen molar-refractivity contribution in [3.8, 4) is 5.88 Å². The van der Waals surface area contributed by atoms with E-state index in [1.165, 1.54) is 25.4 Å². The van der Waals surface area contributed by atoms with E-state index < -0.39 is 10.0 Å². The van der Waals surface area contributed by atoms with Crippen LogP contribution in [-0.4, -0.2) is 56.3 Å². The van der Waals surface area contributed by atoms with Crippen LogP contribution in [0.2, 0.25) is 5.15 Å². The van der Waals surface area contributed by atoms with E-state index in [0.29, 0.717) is 0 Å². The number of nitrogens with zero attached hydrogens (tertiary/aromatic N) is 4. The first kappa shape index (κ1) is 22.6. The van der Waals surface area contributed by atoms with Crippen molar-refractivity contribution in [1.29, 1.82) is 0 Å². The minimum Gasteiger partial charge on any atom is -0.481 e. The van der Waals surface area contributed by atoms with E-state index in [0.717, 1.165) is 0 Å². The molecule has 0 radical (unpaired) electrons. The quantitative estimate of drug-likeness (QED) is 0.276. The molecule has 0 bridgehead atoms. The zero-order valence-corrected chi connectivity index (χ0v) is 18.6. The molecule has 144 valence electrons. The van der Waals surface area contributed by atoms with Crippen LogP contribution >= 0.6 is 11.6 Å². The van der Waals surface area contributed by atoms with Crippen LogP contribution in [0.5, 0.6) is 5.88 Å². The summed E-state index contributed by atoms with van der Waals surface area (Å²) in [6.45, 7) is 0.332. The molecule has 0 amide bonds. The van der Waals surface area contributed by atoms with Gasteiger partial charge in [-0.05, 0) is 17.3 Å². The standard InChI is InChI=1S/C14H15ClN6O5S.Na/c1-24-11-7-10(15)19-14(20-11)17-8-18-27(22,23)13-9(3-2-4-16-13)12-21-26-6-5-25-12;/h2-4,7,18H,5-6,8H2,1H3,(H,17,19,20);/q;+1. The normalized spacial score (nSPS) is 13.4. The summed E-state index contributed by atoms with van der Waals surface area (Å²) in [5.74, 6) is 0.377. The summed E-state index contributed by atoms with van der Waals surface area (Å²) >= 11 is 5.84. The van der Waals surface area contributed by atoms with Crippen molar-refractivity contribution in [2.24, 2.45) is 5.16 Å². The Morgan fingerprint density at radius 3 is 2.86 bits per heavy atom. The number of pyridine rings is 1. The Labute approximate surface area is 188 Å². The number of sulfonamides is 1. The third-order valence-electron chi connectivity index (χ3n) is 3.21. The molecule has 1 aliphatic heterocycles. The van der Waals surface area contributed by atoms with E-state index in [9.17, 15) is 8.42 Å². The molecule has 11 nitrogen and oxygen atoms in total. The first-order valence-corrected chi connectivity index (χ1v) is 9.46. The SMILES string of the molecule is COc1cc(Cl)nc(NCNS(=O)(=O)c2ncccc2C2=NOCCO2)n1.[Na+]. The van der Waals surface area contributed by atoms with E-state index in [-0.39, 0.29) is 82.9 Å². The maximum atomic E-state index is 12.6. The molecule has 0 aliphatic carbocycles. The molecular weight excluding hydrogens is 423 g/mol. The number of nitrogens with one attached hydrogen (secondary N) is 2. The fraction of sp³-hybridized carbons (Fsp3) is 0.286. The molecule has 28 heavy (non-hydrogen) atoms. The van der Waals surface area contributed by atoms with Crippen molar-refractivity contribution >= 4 is 33.5 Å². The average molecular weight is 438 g/mol. The zero-order chi connectivity index (χ0) is 19.3. The van der Waals surface area contributed by atoms with E-state index in [4.69, 9.17) is 25.9 Å². The Hall–Kier alpha value is -1.70. The molecule has 0 fully saturated rings. The number of hydrogen-bond acceptors (Lipinski definition) is 10. The molecule has 0 aromatic carbocycles. The van der Waals surface area contributed by atoms with E-state index in [1.54, 1.807) is 6.07 Å². The van der Waals surface area contributed by atoms with Crippen LogP contribution in [0, 0.1) is 0 Å². The molecule has 14 heteroatoms.